The molecule has 118 valence electrons. The molecule has 0 N–H and O–H groups in total. The second-order valence-electron chi connectivity index (χ2n) is 6.04. The van der Waals surface area contributed by atoms with Crippen molar-refractivity contribution in [2.45, 2.75) is 40.5 Å². The van der Waals surface area contributed by atoms with Gasteiger partial charge in [-0.05, 0) is 51.5 Å². The molecule has 3 rings (SSSR count). The van der Waals surface area contributed by atoms with Crippen molar-refractivity contribution in [2.24, 2.45) is 0 Å². The van der Waals surface area contributed by atoms with E-state index in [0.717, 1.165) is 35.4 Å². The van der Waals surface area contributed by atoms with Crippen LogP contribution in [0.4, 0.5) is 0 Å². The van der Waals surface area contributed by atoms with Gasteiger partial charge in [0.1, 0.15) is 0 Å². The van der Waals surface area contributed by atoms with Crippen LogP contribution in [0.25, 0.3) is 22.8 Å². The van der Waals surface area contributed by atoms with Gasteiger partial charge in [-0.3, -0.25) is 4.98 Å². The zero-order valence-corrected chi connectivity index (χ0v) is 14.1. The fourth-order valence-electron chi connectivity index (χ4n) is 2.81. The minimum absolute atomic E-state index is 0.544. The Morgan fingerprint density at radius 2 is 1.61 bits per heavy atom. The Hall–Kier alpha value is -2.49. The van der Waals surface area contributed by atoms with Gasteiger partial charge in [0.2, 0.25) is 5.82 Å². The van der Waals surface area contributed by atoms with Gasteiger partial charge < -0.3 is 4.52 Å². The fourth-order valence-corrected chi connectivity index (χ4v) is 2.81. The number of hydrogen-bond donors (Lipinski definition) is 0. The van der Waals surface area contributed by atoms with Crippen LogP contribution in [-0.4, -0.2) is 15.1 Å². The SMILES string of the molecule is CCCc1cc(-c2nc(-c3cc(C)cc(C)c3)no2)cc(C)n1. The number of rotatable bonds is 4. The van der Waals surface area contributed by atoms with Crippen molar-refractivity contribution in [1.29, 1.82) is 0 Å². The van der Waals surface area contributed by atoms with E-state index < -0.39 is 0 Å². The van der Waals surface area contributed by atoms with Crippen LogP contribution in [0.3, 0.4) is 0 Å². The first-order valence-electron chi connectivity index (χ1n) is 7.95. The van der Waals surface area contributed by atoms with Crippen molar-refractivity contribution in [3.8, 4) is 22.8 Å². The van der Waals surface area contributed by atoms with E-state index in [-0.39, 0.29) is 0 Å². The molecule has 0 spiro atoms. The summed E-state index contributed by atoms with van der Waals surface area (Å²) in [5.41, 5.74) is 6.33. The topological polar surface area (TPSA) is 51.8 Å². The van der Waals surface area contributed by atoms with Crippen molar-refractivity contribution in [3.63, 3.8) is 0 Å². The number of benzene rings is 1. The molecule has 23 heavy (non-hydrogen) atoms. The first kappa shape index (κ1) is 15.4. The standard InChI is InChI=1S/C19H21N3O/c1-5-6-17-11-16(10-14(4)20-17)19-21-18(22-23-19)15-8-12(2)7-13(3)9-15/h7-11H,5-6H2,1-4H3. The Bertz CT molecular complexity index is 816. The normalized spacial score (nSPS) is 11.0. The van der Waals surface area contributed by atoms with E-state index in [4.69, 9.17) is 4.52 Å². The predicted octanol–water partition coefficient (Wildman–Crippen LogP) is 4.68. The minimum atomic E-state index is 0.544. The highest BCUT2D eigenvalue weighted by Gasteiger charge is 2.12. The van der Waals surface area contributed by atoms with Crippen LogP contribution in [0.15, 0.2) is 34.9 Å². The molecule has 0 amide bonds. The van der Waals surface area contributed by atoms with Gasteiger partial charge in [-0.1, -0.05) is 35.7 Å². The molecule has 0 aliphatic heterocycles. The van der Waals surface area contributed by atoms with Crippen LogP contribution in [0.2, 0.25) is 0 Å². The van der Waals surface area contributed by atoms with Crippen molar-refractivity contribution in [3.05, 3.63) is 52.8 Å². The third-order valence-electron chi connectivity index (χ3n) is 3.67. The fraction of sp³-hybridized carbons (Fsp3) is 0.316. The second-order valence-corrected chi connectivity index (χ2v) is 6.04. The zero-order chi connectivity index (χ0) is 16.4. The van der Waals surface area contributed by atoms with Gasteiger partial charge in [-0.2, -0.15) is 4.98 Å². The number of aromatic nitrogens is 3. The molecular formula is C19H21N3O. The monoisotopic (exact) mass is 307 g/mol. The average molecular weight is 307 g/mol. The lowest BCUT2D eigenvalue weighted by Crippen LogP contribution is -1.93. The quantitative estimate of drug-likeness (QED) is 0.702. The van der Waals surface area contributed by atoms with E-state index >= 15 is 0 Å². The molecule has 0 aliphatic rings. The summed E-state index contributed by atoms with van der Waals surface area (Å²) in [6.45, 7) is 8.28. The maximum Gasteiger partial charge on any atom is 0.258 e. The first-order valence-corrected chi connectivity index (χ1v) is 7.95. The molecule has 0 radical (unpaired) electrons. The maximum absolute atomic E-state index is 5.48. The summed E-state index contributed by atoms with van der Waals surface area (Å²) in [5.74, 6) is 1.17. The average Bonchev–Trinajstić information content (AvgIpc) is 2.96. The van der Waals surface area contributed by atoms with E-state index in [0.29, 0.717) is 11.7 Å². The van der Waals surface area contributed by atoms with Crippen LogP contribution < -0.4 is 0 Å². The molecule has 0 atom stereocenters. The van der Waals surface area contributed by atoms with Crippen molar-refractivity contribution >= 4 is 0 Å². The summed E-state index contributed by atoms with van der Waals surface area (Å²) < 4.78 is 5.48. The number of nitrogens with zero attached hydrogens (tertiary/aromatic N) is 3. The summed E-state index contributed by atoms with van der Waals surface area (Å²) in [6.07, 6.45) is 2.01. The highest BCUT2D eigenvalue weighted by molar-refractivity contribution is 5.61. The molecule has 4 nitrogen and oxygen atoms in total. The van der Waals surface area contributed by atoms with Crippen LogP contribution >= 0.6 is 0 Å². The minimum Gasteiger partial charge on any atom is -0.334 e. The van der Waals surface area contributed by atoms with Gasteiger partial charge in [-0.25, -0.2) is 0 Å². The predicted molar refractivity (Wildman–Crippen MR) is 91.2 cm³/mol. The Balaban J connectivity index is 1.98. The van der Waals surface area contributed by atoms with Gasteiger partial charge in [0.15, 0.2) is 0 Å². The largest absolute Gasteiger partial charge is 0.334 e. The van der Waals surface area contributed by atoms with Crippen LogP contribution in [0.5, 0.6) is 0 Å². The van der Waals surface area contributed by atoms with E-state index in [1.165, 1.54) is 11.1 Å². The molecule has 0 fully saturated rings. The molecule has 0 bridgehead atoms. The lowest BCUT2D eigenvalue weighted by atomic mass is 10.1. The molecule has 0 aliphatic carbocycles. The molecule has 0 saturated carbocycles. The highest BCUT2D eigenvalue weighted by atomic mass is 16.5. The smallest absolute Gasteiger partial charge is 0.258 e. The first-order chi connectivity index (χ1) is 11.0. The molecule has 1 aromatic carbocycles. The van der Waals surface area contributed by atoms with Crippen molar-refractivity contribution in [2.75, 3.05) is 0 Å². The van der Waals surface area contributed by atoms with Crippen LogP contribution in [-0.2, 0) is 6.42 Å². The highest BCUT2D eigenvalue weighted by Crippen LogP contribution is 2.25. The Labute approximate surface area is 136 Å². The van der Waals surface area contributed by atoms with E-state index in [1.54, 1.807) is 0 Å². The van der Waals surface area contributed by atoms with Gasteiger partial charge in [-0.15, -0.1) is 0 Å². The summed E-state index contributed by atoms with van der Waals surface area (Å²) in [6, 6.07) is 10.3. The van der Waals surface area contributed by atoms with E-state index in [9.17, 15) is 0 Å². The van der Waals surface area contributed by atoms with Gasteiger partial charge in [0.05, 0.1) is 0 Å². The molecule has 2 aromatic heterocycles. The maximum atomic E-state index is 5.48. The number of hydrogen-bond acceptors (Lipinski definition) is 4. The van der Waals surface area contributed by atoms with Crippen molar-refractivity contribution < 1.29 is 4.52 Å². The Morgan fingerprint density at radius 1 is 0.870 bits per heavy atom. The molecule has 0 saturated heterocycles. The van der Waals surface area contributed by atoms with Gasteiger partial charge >= 0.3 is 0 Å². The van der Waals surface area contributed by atoms with Crippen molar-refractivity contribution in [1.82, 2.24) is 15.1 Å². The lowest BCUT2D eigenvalue weighted by Gasteiger charge is -2.02. The van der Waals surface area contributed by atoms with Crippen LogP contribution in [0, 0.1) is 20.8 Å². The van der Waals surface area contributed by atoms with Gasteiger partial charge in [0.25, 0.3) is 5.89 Å². The number of aryl methyl sites for hydroxylation is 4. The Morgan fingerprint density at radius 3 is 2.30 bits per heavy atom. The summed E-state index contributed by atoms with van der Waals surface area (Å²) in [5, 5.41) is 4.14. The Kier molecular flexibility index (Phi) is 4.24. The number of pyridine rings is 1. The summed E-state index contributed by atoms with van der Waals surface area (Å²) in [4.78, 5) is 9.12. The molecule has 0 unspecified atom stereocenters. The lowest BCUT2D eigenvalue weighted by molar-refractivity contribution is 0.432. The molecular weight excluding hydrogens is 286 g/mol. The van der Waals surface area contributed by atoms with E-state index in [2.05, 4.69) is 54.1 Å². The van der Waals surface area contributed by atoms with Crippen LogP contribution in [0.1, 0.15) is 35.9 Å². The molecule has 4 heteroatoms. The zero-order valence-electron chi connectivity index (χ0n) is 14.1. The third-order valence-corrected chi connectivity index (χ3v) is 3.67. The van der Waals surface area contributed by atoms with E-state index in [1.807, 2.05) is 19.1 Å². The van der Waals surface area contributed by atoms with Gasteiger partial charge in [0, 0.05) is 22.5 Å². The third kappa shape index (κ3) is 3.47. The summed E-state index contributed by atoms with van der Waals surface area (Å²) in [7, 11) is 0. The summed E-state index contributed by atoms with van der Waals surface area (Å²) >= 11 is 0. The molecule has 2 heterocycles. The second kappa shape index (κ2) is 6.32. The molecule has 3 aromatic rings.